The zero-order valence-electron chi connectivity index (χ0n) is 18.1. The van der Waals surface area contributed by atoms with Crippen molar-refractivity contribution in [2.75, 3.05) is 13.7 Å². The second kappa shape index (κ2) is 9.71. The molecule has 2 aromatic heterocycles. The van der Waals surface area contributed by atoms with Crippen molar-refractivity contribution in [1.29, 1.82) is 0 Å². The molecule has 6 nitrogen and oxygen atoms in total. The molecule has 0 bridgehead atoms. The molecule has 0 saturated carbocycles. The zero-order valence-corrected chi connectivity index (χ0v) is 18.8. The summed E-state index contributed by atoms with van der Waals surface area (Å²) in [5.41, 5.74) is 3.29. The number of halogens is 1. The van der Waals surface area contributed by atoms with E-state index in [1.165, 1.54) is 0 Å². The van der Waals surface area contributed by atoms with Crippen molar-refractivity contribution >= 4 is 17.4 Å². The number of pyridine rings is 2. The number of benzene rings is 1. The Morgan fingerprint density at radius 1 is 1.19 bits per heavy atom. The second-order valence-corrected chi connectivity index (χ2v) is 7.33. The summed E-state index contributed by atoms with van der Waals surface area (Å²) in [6.07, 6.45) is 1.68. The van der Waals surface area contributed by atoms with Gasteiger partial charge in [0.2, 0.25) is 0 Å². The fraction of sp³-hybridized carbons (Fsp3) is 0.250. The van der Waals surface area contributed by atoms with Crippen LogP contribution in [0.4, 0.5) is 0 Å². The van der Waals surface area contributed by atoms with Gasteiger partial charge in [0.05, 0.1) is 19.4 Å². The molecule has 31 heavy (non-hydrogen) atoms. The van der Waals surface area contributed by atoms with Crippen LogP contribution in [0.25, 0.3) is 11.4 Å². The van der Waals surface area contributed by atoms with E-state index in [9.17, 15) is 4.79 Å². The van der Waals surface area contributed by atoms with Crippen LogP contribution in [0.2, 0.25) is 5.02 Å². The molecule has 0 atom stereocenters. The number of hydrogen-bond donors (Lipinski definition) is 0. The Balaban J connectivity index is 1.94. The van der Waals surface area contributed by atoms with E-state index in [0.717, 1.165) is 16.9 Å². The summed E-state index contributed by atoms with van der Waals surface area (Å²) in [5.74, 6) is 1.54. The maximum atomic E-state index is 13.1. The summed E-state index contributed by atoms with van der Waals surface area (Å²) in [6.45, 7) is 10.2. The predicted octanol–water partition coefficient (Wildman–Crippen LogP) is 5.10. The van der Waals surface area contributed by atoms with E-state index in [1.807, 2.05) is 45.0 Å². The topological polar surface area (TPSA) is 62.6 Å². The van der Waals surface area contributed by atoms with E-state index in [1.54, 1.807) is 30.0 Å². The van der Waals surface area contributed by atoms with Crippen LogP contribution in [0.1, 0.15) is 29.4 Å². The fourth-order valence-corrected chi connectivity index (χ4v) is 3.32. The molecule has 1 aromatic carbocycles. The first-order valence-corrected chi connectivity index (χ1v) is 10.2. The van der Waals surface area contributed by atoms with Crippen molar-refractivity contribution in [2.24, 2.45) is 0 Å². The largest absolute Gasteiger partial charge is 0.497 e. The lowest BCUT2D eigenvalue weighted by atomic mass is 10.2. The number of aromatic nitrogens is 2. The number of rotatable bonds is 8. The highest BCUT2D eigenvalue weighted by Crippen LogP contribution is 2.26. The normalized spacial score (nSPS) is 10.6. The van der Waals surface area contributed by atoms with Crippen LogP contribution in [0.15, 0.2) is 54.0 Å². The average molecular weight is 441 g/mol. The van der Waals surface area contributed by atoms with E-state index in [4.69, 9.17) is 25.8 Å². The van der Waals surface area contributed by atoms with E-state index in [-0.39, 0.29) is 17.2 Å². The van der Waals surface area contributed by atoms with Crippen LogP contribution in [0, 0.1) is 13.8 Å². The minimum absolute atomic E-state index is 0.0144. The Morgan fingerprint density at radius 3 is 2.55 bits per heavy atom. The van der Waals surface area contributed by atoms with Crippen LogP contribution >= 0.6 is 11.6 Å². The van der Waals surface area contributed by atoms with Gasteiger partial charge in [-0.2, -0.15) is 0 Å². The van der Waals surface area contributed by atoms with Gasteiger partial charge >= 0.3 is 0 Å². The Hall–Kier alpha value is -3.25. The molecule has 3 aromatic rings. The van der Waals surface area contributed by atoms with Crippen molar-refractivity contribution in [3.05, 3.63) is 87.1 Å². The standard InChI is InChI=1S/C24H25ClN2O4/c1-6-30-17(4)20-12-21(15(2)13-26-20)27-16(3)11-22(23(25)24(27)28)31-14-18-7-9-19(29-5)10-8-18/h7-13H,4,6,14H2,1-3,5H3. The molecule has 0 aliphatic carbocycles. The third kappa shape index (κ3) is 4.91. The molecule has 0 spiro atoms. The minimum Gasteiger partial charge on any atom is -0.497 e. The van der Waals surface area contributed by atoms with E-state index in [2.05, 4.69) is 11.6 Å². The van der Waals surface area contributed by atoms with Crippen LogP contribution < -0.4 is 15.0 Å². The molecule has 7 heteroatoms. The Labute approximate surface area is 186 Å². The molecular weight excluding hydrogens is 416 g/mol. The summed E-state index contributed by atoms with van der Waals surface area (Å²) in [6, 6.07) is 11.0. The SMILES string of the molecule is C=C(OCC)c1cc(-n2c(C)cc(OCc3ccc(OC)cc3)c(Cl)c2=O)c(C)cn1. The molecule has 0 saturated heterocycles. The molecular formula is C24H25ClN2O4. The van der Waals surface area contributed by atoms with Gasteiger partial charge in [0, 0.05) is 18.0 Å². The molecule has 2 heterocycles. The van der Waals surface area contributed by atoms with Gasteiger partial charge in [-0.3, -0.25) is 14.3 Å². The first kappa shape index (κ1) is 22.4. The lowest BCUT2D eigenvalue weighted by Crippen LogP contribution is -2.23. The average Bonchev–Trinajstić information content (AvgIpc) is 2.77. The van der Waals surface area contributed by atoms with Crippen molar-refractivity contribution < 1.29 is 14.2 Å². The molecule has 0 fully saturated rings. The third-order valence-corrected chi connectivity index (χ3v) is 5.12. The van der Waals surface area contributed by atoms with Gasteiger partial charge in [0.25, 0.3) is 5.56 Å². The van der Waals surface area contributed by atoms with Gasteiger partial charge in [0.1, 0.15) is 34.6 Å². The highest BCUT2D eigenvalue weighted by atomic mass is 35.5. The van der Waals surface area contributed by atoms with Crippen LogP contribution in [-0.4, -0.2) is 23.3 Å². The van der Waals surface area contributed by atoms with E-state index >= 15 is 0 Å². The quantitative estimate of drug-likeness (QED) is 0.456. The smallest absolute Gasteiger partial charge is 0.277 e. The molecule has 0 unspecified atom stereocenters. The number of ether oxygens (including phenoxy) is 3. The van der Waals surface area contributed by atoms with Crippen LogP contribution in [-0.2, 0) is 11.3 Å². The summed E-state index contributed by atoms with van der Waals surface area (Å²) >= 11 is 6.40. The van der Waals surface area contributed by atoms with Gasteiger partial charge in [-0.1, -0.05) is 30.3 Å². The number of aryl methyl sites for hydroxylation is 2. The maximum Gasteiger partial charge on any atom is 0.277 e. The van der Waals surface area contributed by atoms with Gasteiger partial charge in [-0.15, -0.1) is 0 Å². The Bertz CT molecular complexity index is 1150. The number of hydrogen-bond acceptors (Lipinski definition) is 5. The zero-order chi connectivity index (χ0) is 22.5. The summed E-state index contributed by atoms with van der Waals surface area (Å²) in [7, 11) is 1.61. The maximum absolute atomic E-state index is 13.1. The van der Waals surface area contributed by atoms with Crippen LogP contribution in [0.5, 0.6) is 11.5 Å². The van der Waals surface area contributed by atoms with E-state index < -0.39 is 0 Å². The van der Waals surface area contributed by atoms with Gasteiger partial charge in [-0.05, 0) is 50.1 Å². The van der Waals surface area contributed by atoms with Gasteiger partial charge in [0.15, 0.2) is 0 Å². The van der Waals surface area contributed by atoms with Gasteiger partial charge < -0.3 is 14.2 Å². The summed E-state index contributed by atoms with van der Waals surface area (Å²) < 4.78 is 18.0. The highest BCUT2D eigenvalue weighted by molar-refractivity contribution is 6.31. The highest BCUT2D eigenvalue weighted by Gasteiger charge is 2.17. The second-order valence-electron chi connectivity index (χ2n) is 6.95. The lowest BCUT2D eigenvalue weighted by molar-refractivity contribution is 0.297. The molecule has 0 aliphatic rings. The monoisotopic (exact) mass is 440 g/mol. The predicted molar refractivity (Wildman–Crippen MR) is 122 cm³/mol. The summed E-state index contributed by atoms with van der Waals surface area (Å²) in [5, 5.41) is 0.0144. The van der Waals surface area contributed by atoms with Crippen molar-refractivity contribution in [3.8, 4) is 17.2 Å². The lowest BCUT2D eigenvalue weighted by Gasteiger charge is -2.17. The Kier molecular flexibility index (Phi) is 7.02. The van der Waals surface area contributed by atoms with Gasteiger partial charge in [-0.25, -0.2) is 0 Å². The molecule has 0 radical (unpaired) electrons. The van der Waals surface area contributed by atoms with Crippen LogP contribution in [0.3, 0.4) is 0 Å². The summed E-state index contributed by atoms with van der Waals surface area (Å²) in [4.78, 5) is 17.5. The van der Waals surface area contributed by atoms with Crippen molar-refractivity contribution in [2.45, 2.75) is 27.4 Å². The molecule has 0 amide bonds. The number of methoxy groups -OCH3 is 1. The number of nitrogens with zero attached hydrogens (tertiary/aromatic N) is 2. The Morgan fingerprint density at radius 2 is 1.90 bits per heavy atom. The molecule has 3 rings (SSSR count). The fourth-order valence-electron chi connectivity index (χ4n) is 3.12. The van der Waals surface area contributed by atoms with Crippen molar-refractivity contribution in [1.82, 2.24) is 9.55 Å². The molecule has 0 N–H and O–H groups in total. The first-order valence-electron chi connectivity index (χ1n) is 9.82. The van der Waals surface area contributed by atoms with Crippen molar-refractivity contribution in [3.63, 3.8) is 0 Å². The third-order valence-electron chi connectivity index (χ3n) is 4.77. The molecule has 0 aliphatic heterocycles. The molecule has 162 valence electrons. The minimum atomic E-state index is -0.367. The first-order chi connectivity index (χ1) is 14.8. The van der Waals surface area contributed by atoms with E-state index in [0.29, 0.717) is 35.2 Å².